The van der Waals surface area contributed by atoms with E-state index in [1.165, 1.54) is 28.2 Å². The molecule has 0 saturated heterocycles. The summed E-state index contributed by atoms with van der Waals surface area (Å²) in [4.78, 5) is 2.39. The lowest BCUT2D eigenvalue weighted by Crippen LogP contribution is -2.13. The van der Waals surface area contributed by atoms with Crippen LogP contribution in [0, 0.1) is 0 Å². The predicted octanol–water partition coefficient (Wildman–Crippen LogP) is 7.81. The zero-order chi connectivity index (χ0) is 18.9. The Balaban J connectivity index is 2.13. The first-order valence-electron chi connectivity index (χ1n) is 9.48. The highest BCUT2D eigenvalue weighted by atomic mass is 79.9. The number of halogens is 2. The molecular formula is C24H25Br2N. The number of nitrogens with zero attached hydrogens (tertiary/aromatic N) is 1. The van der Waals surface area contributed by atoms with E-state index in [0.29, 0.717) is 0 Å². The third-order valence-electron chi connectivity index (χ3n) is 4.66. The summed E-state index contributed by atoms with van der Waals surface area (Å²) in [5.41, 5.74) is 6.61. The van der Waals surface area contributed by atoms with Crippen LogP contribution in [0.15, 0.2) is 78.9 Å². The summed E-state index contributed by atoms with van der Waals surface area (Å²) >= 11 is 7.20. The smallest absolute Gasteiger partial charge is 0.0496 e. The lowest BCUT2D eigenvalue weighted by molar-refractivity contribution is 0.874. The zero-order valence-electron chi connectivity index (χ0n) is 15.5. The normalized spacial score (nSPS) is 10.7. The van der Waals surface area contributed by atoms with Crippen LogP contribution >= 0.6 is 31.9 Å². The molecule has 0 aliphatic heterocycles. The summed E-state index contributed by atoms with van der Waals surface area (Å²) in [5.74, 6) is 0. The second kappa shape index (κ2) is 10.7. The van der Waals surface area contributed by atoms with Gasteiger partial charge in [-0.1, -0.05) is 80.4 Å². The molecule has 0 aliphatic carbocycles. The van der Waals surface area contributed by atoms with Crippen molar-refractivity contribution in [2.45, 2.75) is 25.7 Å². The highest BCUT2D eigenvalue weighted by molar-refractivity contribution is 9.09. The molecule has 3 rings (SSSR count). The van der Waals surface area contributed by atoms with Crippen LogP contribution in [0.5, 0.6) is 0 Å². The quantitative estimate of drug-likeness (QED) is 0.278. The van der Waals surface area contributed by atoms with Gasteiger partial charge in [-0.05, 0) is 67.1 Å². The Kier molecular flexibility index (Phi) is 7.97. The summed E-state index contributed by atoms with van der Waals surface area (Å²) in [6.07, 6.45) is 4.47. The van der Waals surface area contributed by atoms with Crippen LogP contribution in [0.4, 0.5) is 17.1 Å². The average Bonchev–Trinajstić information content (AvgIpc) is 2.73. The number of anilines is 3. The molecule has 0 atom stereocenters. The molecule has 0 fully saturated rings. The van der Waals surface area contributed by atoms with Gasteiger partial charge in [0.05, 0.1) is 0 Å². The summed E-state index contributed by atoms with van der Waals surface area (Å²) in [7, 11) is 0. The van der Waals surface area contributed by atoms with E-state index in [1.807, 2.05) is 0 Å². The maximum atomic E-state index is 3.61. The van der Waals surface area contributed by atoms with Gasteiger partial charge in [0.25, 0.3) is 0 Å². The summed E-state index contributed by atoms with van der Waals surface area (Å²) in [5, 5.41) is 2.06. The fourth-order valence-corrected chi connectivity index (χ4v) is 4.00. The molecule has 27 heavy (non-hydrogen) atoms. The minimum Gasteiger partial charge on any atom is -0.310 e. The van der Waals surface area contributed by atoms with Crippen molar-refractivity contribution in [2.75, 3.05) is 15.6 Å². The van der Waals surface area contributed by atoms with Crippen LogP contribution in [0.2, 0.25) is 0 Å². The lowest BCUT2D eigenvalue weighted by atomic mass is 9.96. The SMILES string of the molecule is BrCCCc1cccc(N(c2ccccc2)c2ccccc2)c1CCCBr. The van der Waals surface area contributed by atoms with Crippen LogP contribution in [-0.4, -0.2) is 10.7 Å². The molecule has 0 radical (unpaired) electrons. The molecule has 0 spiro atoms. The largest absolute Gasteiger partial charge is 0.310 e. The average molecular weight is 487 g/mol. The van der Waals surface area contributed by atoms with Crippen molar-refractivity contribution in [2.24, 2.45) is 0 Å². The Morgan fingerprint density at radius 3 is 1.70 bits per heavy atom. The molecule has 0 amide bonds. The van der Waals surface area contributed by atoms with Gasteiger partial charge in [-0.15, -0.1) is 0 Å². The van der Waals surface area contributed by atoms with Crippen LogP contribution in [-0.2, 0) is 12.8 Å². The van der Waals surface area contributed by atoms with Crippen LogP contribution < -0.4 is 4.90 Å². The predicted molar refractivity (Wildman–Crippen MR) is 125 cm³/mol. The third-order valence-corrected chi connectivity index (χ3v) is 5.78. The number of para-hydroxylation sites is 2. The second-order valence-electron chi connectivity index (χ2n) is 6.51. The minimum absolute atomic E-state index is 1.02. The molecule has 1 nitrogen and oxygen atoms in total. The van der Waals surface area contributed by atoms with Gasteiger partial charge in [0.15, 0.2) is 0 Å². The molecule has 0 aliphatic rings. The van der Waals surface area contributed by atoms with E-state index < -0.39 is 0 Å². The van der Waals surface area contributed by atoms with Crippen molar-refractivity contribution in [3.8, 4) is 0 Å². The van der Waals surface area contributed by atoms with Crippen molar-refractivity contribution in [3.05, 3.63) is 90.0 Å². The Bertz CT molecular complexity index is 779. The minimum atomic E-state index is 1.02. The first kappa shape index (κ1) is 20.2. The third kappa shape index (κ3) is 5.24. The van der Waals surface area contributed by atoms with E-state index >= 15 is 0 Å². The number of aryl methyl sites for hydroxylation is 1. The van der Waals surface area contributed by atoms with E-state index in [2.05, 4.69) is 116 Å². The van der Waals surface area contributed by atoms with Crippen molar-refractivity contribution in [1.29, 1.82) is 0 Å². The van der Waals surface area contributed by atoms with E-state index in [-0.39, 0.29) is 0 Å². The molecule has 0 unspecified atom stereocenters. The maximum absolute atomic E-state index is 3.61. The summed E-state index contributed by atoms with van der Waals surface area (Å²) in [6, 6.07) is 28.1. The first-order chi connectivity index (χ1) is 13.3. The van der Waals surface area contributed by atoms with Crippen molar-refractivity contribution in [1.82, 2.24) is 0 Å². The number of rotatable bonds is 9. The summed E-state index contributed by atoms with van der Waals surface area (Å²) < 4.78 is 0. The zero-order valence-corrected chi connectivity index (χ0v) is 18.6. The van der Waals surface area contributed by atoms with Gasteiger partial charge in [-0.25, -0.2) is 0 Å². The lowest BCUT2D eigenvalue weighted by Gasteiger charge is -2.29. The van der Waals surface area contributed by atoms with Gasteiger partial charge in [0.1, 0.15) is 0 Å². The number of benzene rings is 3. The standard InChI is InChI=1S/C24H25Br2N/c25-18-8-11-20-10-7-17-24(23(20)16-9-19-26)27(21-12-3-1-4-13-21)22-14-5-2-6-15-22/h1-7,10,12-15,17H,8-9,11,16,18-19H2. The highest BCUT2D eigenvalue weighted by Gasteiger charge is 2.17. The molecule has 3 heteroatoms. The Morgan fingerprint density at radius 2 is 1.15 bits per heavy atom. The van der Waals surface area contributed by atoms with Crippen molar-refractivity contribution in [3.63, 3.8) is 0 Å². The van der Waals surface area contributed by atoms with Gasteiger partial charge < -0.3 is 4.90 Å². The van der Waals surface area contributed by atoms with Crippen molar-refractivity contribution < 1.29 is 0 Å². The topological polar surface area (TPSA) is 3.24 Å². The van der Waals surface area contributed by atoms with E-state index in [4.69, 9.17) is 0 Å². The molecule has 3 aromatic rings. The molecule has 0 saturated carbocycles. The Labute approximate surface area is 179 Å². The van der Waals surface area contributed by atoms with Crippen LogP contribution in [0.3, 0.4) is 0 Å². The second-order valence-corrected chi connectivity index (χ2v) is 8.09. The maximum Gasteiger partial charge on any atom is 0.0496 e. The van der Waals surface area contributed by atoms with Gasteiger partial charge in [0, 0.05) is 27.7 Å². The van der Waals surface area contributed by atoms with Crippen LogP contribution in [0.1, 0.15) is 24.0 Å². The molecule has 3 aromatic carbocycles. The van der Waals surface area contributed by atoms with Gasteiger partial charge >= 0.3 is 0 Å². The monoisotopic (exact) mass is 485 g/mol. The number of hydrogen-bond acceptors (Lipinski definition) is 1. The molecule has 0 aromatic heterocycles. The fraction of sp³-hybridized carbons (Fsp3) is 0.250. The molecular weight excluding hydrogens is 462 g/mol. The van der Waals surface area contributed by atoms with E-state index in [9.17, 15) is 0 Å². The summed E-state index contributed by atoms with van der Waals surface area (Å²) in [6.45, 7) is 0. The van der Waals surface area contributed by atoms with Crippen molar-refractivity contribution >= 4 is 48.9 Å². The van der Waals surface area contributed by atoms with E-state index in [1.54, 1.807) is 0 Å². The van der Waals surface area contributed by atoms with E-state index in [0.717, 1.165) is 36.3 Å². The Morgan fingerprint density at radius 1 is 0.593 bits per heavy atom. The number of alkyl halides is 2. The Hall–Kier alpha value is -1.58. The molecule has 0 bridgehead atoms. The molecule has 140 valence electrons. The fourth-order valence-electron chi connectivity index (χ4n) is 3.44. The number of hydrogen-bond donors (Lipinski definition) is 0. The first-order valence-corrected chi connectivity index (χ1v) is 11.7. The molecule has 0 N–H and O–H groups in total. The highest BCUT2D eigenvalue weighted by Crippen LogP contribution is 2.38. The van der Waals surface area contributed by atoms with Gasteiger partial charge in [-0.3, -0.25) is 0 Å². The molecule has 0 heterocycles. The van der Waals surface area contributed by atoms with Gasteiger partial charge in [-0.2, -0.15) is 0 Å². The van der Waals surface area contributed by atoms with Gasteiger partial charge in [0.2, 0.25) is 0 Å². The van der Waals surface area contributed by atoms with Crippen LogP contribution in [0.25, 0.3) is 0 Å².